The zero-order chi connectivity index (χ0) is 15.7. The maximum absolute atomic E-state index is 12.0. The number of hydrogen-bond acceptors (Lipinski definition) is 5. The monoisotopic (exact) mass is 301 g/mol. The minimum absolute atomic E-state index is 0.224. The standard InChI is InChI=1S/C16H31NO4/c1-5-10-17-16(2,15(18)20-4)9-11-21-14-8-6-7-13(12-14)19-3/h13-14,17H,5-12H2,1-4H3. The van der Waals surface area contributed by atoms with Crippen LogP contribution in [-0.4, -0.2) is 51.1 Å². The Bertz CT molecular complexity index is 311. The summed E-state index contributed by atoms with van der Waals surface area (Å²) in [4.78, 5) is 12.0. The van der Waals surface area contributed by atoms with E-state index < -0.39 is 5.54 Å². The van der Waals surface area contributed by atoms with Gasteiger partial charge in [-0.25, -0.2) is 0 Å². The quantitative estimate of drug-likeness (QED) is 0.662. The summed E-state index contributed by atoms with van der Waals surface area (Å²) in [5.74, 6) is -0.224. The van der Waals surface area contributed by atoms with Gasteiger partial charge < -0.3 is 19.5 Å². The summed E-state index contributed by atoms with van der Waals surface area (Å²) in [5.41, 5.74) is -0.667. The lowest BCUT2D eigenvalue weighted by atomic mass is 9.94. The zero-order valence-electron chi connectivity index (χ0n) is 13.9. The van der Waals surface area contributed by atoms with Crippen molar-refractivity contribution in [2.75, 3.05) is 27.4 Å². The van der Waals surface area contributed by atoms with Gasteiger partial charge in [-0.3, -0.25) is 4.79 Å². The minimum Gasteiger partial charge on any atom is -0.468 e. The number of ether oxygens (including phenoxy) is 3. The van der Waals surface area contributed by atoms with E-state index >= 15 is 0 Å². The highest BCUT2D eigenvalue weighted by Crippen LogP contribution is 2.24. The number of nitrogens with one attached hydrogen (secondary N) is 1. The van der Waals surface area contributed by atoms with Gasteiger partial charge in [0.1, 0.15) is 5.54 Å². The fourth-order valence-corrected chi connectivity index (χ4v) is 2.79. The second-order valence-electron chi connectivity index (χ2n) is 6.02. The van der Waals surface area contributed by atoms with E-state index in [0.717, 1.165) is 38.6 Å². The molecule has 0 aromatic heterocycles. The molecule has 1 fully saturated rings. The molecule has 3 unspecified atom stereocenters. The number of rotatable bonds is 9. The average molecular weight is 301 g/mol. The Morgan fingerprint density at radius 3 is 2.62 bits per heavy atom. The molecule has 0 saturated heterocycles. The first-order valence-corrected chi connectivity index (χ1v) is 8.03. The molecule has 0 aromatic carbocycles. The van der Waals surface area contributed by atoms with Crippen LogP contribution < -0.4 is 5.32 Å². The molecule has 1 aliphatic rings. The Morgan fingerprint density at radius 1 is 1.29 bits per heavy atom. The van der Waals surface area contributed by atoms with Crippen LogP contribution in [0.5, 0.6) is 0 Å². The molecule has 5 heteroatoms. The summed E-state index contributed by atoms with van der Waals surface area (Å²) < 4.78 is 16.3. The number of carbonyl (C=O) groups is 1. The van der Waals surface area contributed by atoms with Crippen LogP contribution in [0.15, 0.2) is 0 Å². The first-order chi connectivity index (χ1) is 10.1. The van der Waals surface area contributed by atoms with E-state index in [1.165, 1.54) is 7.11 Å². The van der Waals surface area contributed by atoms with E-state index in [2.05, 4.69) is 12.2 Å². The number of methoxy groups -OCH3 is 2. The van der Waals surface area contributed by atoms with Gasteiger partial charge in [0.2, 0.25) is 0 Å². The van der Waals surface area contributed by atoms with Crippen LogP contribution >= 0.6 is 0 Å². The molecule has 124 valence electrons. The van der Waals surface area contributed by atoms with Crippen LogP contribution in [0, 0.1) is 0 Å². The van der Waals surface area contributed by atoms with E-state index in [1.807, 2.05) is 6.92 Å². The maximum atomic E-state index is 12.0. The topological polar surface area (TPSA) is 56.8 Å². The highest BCUT2D eigenvalue weighted by molar-refractivity contribution is 5.80. The van der Waals surface area contributed by atoms with Gasteiger partial charge in [-0.2, -0.15) is 0 Å². The molecule has 0 bridgehead atoms. The zero-order valence-corrected chi connectivity index (χ0v) is 13.9. The third-order valence-electron chi connectivity index (χ3n) is 4.27. The predicted molar refractivity (Wildman–Crippen MR) is 82.3 cm³/mol. The van der Waals surface area contributed by atoms with Crippen LogP contribution in [-0.2, 0) is 19.0 Å². The largest absolute Gasteiger partial charge is 0.468 e. The average Bonchev–Trinajstić information content (AvgIpc) is 2.52. The Balaban J connectivity index is 2.40. The summed E-state index contributed by atoms with van der Waals surface area (Å²) in [6.07, 6.45) is 6.45. The third-order valence-corrected chi connectivity index (χ3v) is 4.27. The molecule has 21 heavy (non-hydrogen) atoms. The van der Waals surface area contributed by atoms with Crippen molar-refractivity contribution >= 4 is 5.97 Å². The normalized spacial score (nSPS) is 25.3. The number of esters is 1. The second kappa shape index (κ2) is 9.38. The number of carbonyl (C=O) groups excluding carboxylic acids is 1. The molecule has 5 nitrogen and oxygen atoms in total. The van der Waals surface area contributed by atoms with Gasteiger partial charge in [-0.05, 0) is 52.0 Å². The summed E-state index contributed by atoms with van der Waals surface area (Å²) in [5, 5.41) is 3.27. The lowest BCUT2D eigenvalue weighted by Gasteiger charge is -2.31. The van der Waals surface area contributed by atoms with Crippen LogP contribution in [0.1, 0.15) is 52.4 Å². The van der Waals surface area contributed by atoms with Crippen LogP contribution in [0.25, 0.3) is 0 Å². The van der Waals surface area contributed by atoms with Crippen LogP contribution in [0.2, 0.25) is 0 Å². The fraction of sp³-hybridized carbons (Fsp3) is 0.938. The lowest BCUT2D eigenvalue weighted by molar-refractivity contribution is -0.149. The predicted octanol–water partition coefficient (Wildman–Crippen LogP) is 2.28. The molecule has 0 heterocycles. The van der Waals surface area contributed by atoms with Crippen molar-refractivity contribution in [1.82, 2.24) is 5.32 Å². The van der Waals surface area contributed by atoms with Crippen molar-refractivity contribution < 1.29 is 19.0 Å². The van der Waals surface area contributed by atoms with Crippen molar-refractivity contribution in [3.05, 3.63) is 0 Å². The van der Waals surface area contributed by atoms with Crippen molar-refractivity contribution in [1.29, 1.82) is 0 Å². The SMILES string of the molecule is CCCNC(C)(CCOC1CCCC(OC)C1)C(=O)OC. The molecule has 0 radical (unpaired) electrons. The van der Waals surface area contributed by atoms with Crippen molar-refractivity contribution in [2.24, 2.45) is 0 Å². The Morgan fingerprint density at radius 2 is 2.00 bits per heavy atom. The Kier molecular flexibility index (Phi) is 8.22. The van der Waals surface area contributed by atoms with Gasteiger partial charge in [0.25, 0.3) is 0 Å². The van der Waals surface area contributed by atoms with Gasteiger partial charge in [-0.1, -0.05) is 6.92 Å². The molecular formula is C16H31NO4. The molecule has 1 rings (SSSR count). The molecular weight excluding hydrogens is 270 g/mol. The smallest absolute Gasteiger partial charge is 0.325 e. The van der Waals surface area contributed by atoms with E-state index in [1.54, 1.807) is 7.11 Å². The van der Waals surface area contributed by atoms with Crippen LogP contribution in [0.3, 0.4) is 0 Å². The van der Waals surface area contributed by atoms with Crippen LogP contribution in [0.4, 0.5) is 0 Å². The fourth-order valence-electron chi connectivity index (χ4n) is 2.79. The molecule has 3 atom stereocenters. The Labute approximate surface area is 128 Å². The van der Waals surface area contributed by atoms with E-state index in [-0.39, 0.29) is 12.1 Å². The van der Waals surface area contributed by atoms with Gasteiger partial charge in [0, 0.05) is 13.7 Å². The lowest BCUT2D eigenvalue weighted by Crippen LogP contribution is -2.51. The van der Waals surface area contributed by atoms with E-state index in [9.17, 15) is 4.79 Å². The number of hydrogen-bond donors (Lipinski definition) is 1. The summed E-state index contributed by atoms with van der Waals surface area (Å²) in [7, 11) is 3.19. The van der Waals surface area contributed by atoms with Gasteiger partial charge in [-0.15, -0.1) is 0 Å². The molecule has 1 N–H and O–H groups in total. The van der Waals surface area contributed by atoms with E-state index in [4.69, 9.17) is 14.2 Å². The molecule has 0 aromatic rings. The molecule has 1 saturated carbocycles. The first-order valence-electron chi connectivity index (χ1n) is 8.03. The Hall–Kier alpha value is -0.650. The molecule has 0 amide bonds. The molecule has 1 aliphatic carbocycles. The maximum Gasteiger partial charge on any atom is 0.325 e. The van der Waals surface area contributed by atoms with Crippen molar-refractivity contribution in [3.8, 4) is 0 Å². The summed E-state index contributed by atoms with van der Waals surface area (Å²) in [6, 6.07) is 0. The van der Waals surface area contributed by atoms with E-state index in [0.29, 0.717) is 19.1 Å². The minimum atomic E-state index is -0.667. The van der Waals surface area contributed by atoms with Gasteiger partial charge in [0.15, 0.2) is 0 Å². The molecule has 0 aliphatic heterocycles. The highest BCUT2D eigenvalue weighted by atomic mass is 16.5. The molecule has 0 spiro atoms. The first kappa shape index (κ1) is 18.4. The van der Waals surface area contributed by atoms with Gasteiger partial charge in [0.05, 0.1) is 19.3 Å². The second-order valence-corrected chi connectivity index (χ2v) is 6.02. The van der Waals surface area contributed by atoms with Crippen molar-refractivity contribution in [3.63, 3.8) is 0 Å². The third kappa shape index (κ3) is 5.93. The van der Waals surface area contributed by atoms with Crippen molar-refractivity contribution in [2.45, 2.75) is 70.1 Å². The summed E-state index contributed by atoms with van der Waals surface area (Å²) >= 11 is 0. The van der Waals surface area contributed by atoms with Gasteiger partial charge >= 0.3 is 5.97 Å². The highest BCUT2D eigenvalue weighted by Gasteiger charge is 2.33. The summed E-state index contributed by atoms with van der Waals surface area (Å²) in [6.45, 7) is 5.31.